The molecular weight excluding hydrogens is 593 g/mol. The molecule has 3 N–H and O–H groups in total. The number of benzene rings is 1. The first kappa shape index (κ1) is 34.9. The molecule has 1 aromatic carbocycles. The van der Waals surface area contributed by atoms with Crippen LogP contribution in [-0.4, -0.2) is 70.8 Å². The van der Waals surface area contributed by atoms with Crippen LogP contribution in [0.2, 0.25) is 0 Å². The first-order valence-corrected chi connectivity index (χ1v) is 16.2. The Kier molecular flexibility index (Phi) is 12.2. The van der Waals surface area contributed by atoms with Crippen molar-refractivity contribution in [1.29, 1.82) is 5.26 Å². The number of amides is 1. The number of piperidine rings is 1. The van der Waals surface area contributed by atoms with Gasteiger partial charge in [0.1, 0.15) is 29.7 Å². The zero-order valence-electron chi connectivity index (χ0n) is 27.0. The average molecular weight is 640 g/mol. The molecule has 2 aliphatic rings. The van der Waals surface area contributed by atoms with Crippen LogP contribution in [-0.2, 0) is 14.3 Å². The number of anilines is 1. The Balaban J connectivity index is 1.39. The monoisotopic (exact) mass is 639 g/mol. The van der Waals surface area contributed by atoms with Gasteiger partial charge < -0.3 is 29.1 Å². The molecule has 0 saturated carbocycles. The molecule has 2 aromatic rings. The number of ether oxygens (including phenoxy) is 3. The van der Waals surface area contributed by atoms with E-state index in [0.29, 0.717) is 74.6 Å². The highest BCUT2D eigenvalue weighted by molar-refractivity contribution is 5.69. The molecule has 2 aliphatic heterocycles. The highest BCUT2D eigenvalue weighted by Crippen LogP contribution is 2.32. The SMILES string of the molecule is CC(C)(C)N(C(=O)O)C1CCN(c2cc(OC(N)CCCCCC(=O)OC3CCCCO3)cc(-c3ccc(C#N)c(F)c3)n2)CC1. The van der Waals surface area contributed by atoms with E-state index < -0.39 is 30.0 Å². The lowest BCUT2D eigenvalue weighted by Crippen LogP contribution is -2.54. The van der Waals surface area contributed by atoms with Crippen LogP contribution in [0.1, 0.15) is 90.5 Å². The predicted molar refractivity (Wildman–Crippen MR) is 171 cm³/mol. The highest BCUT2D eigenvalue weighted by Gasteiger charge is 2.35. The summed E-state index contributed by atoms with van der Waals surface area (Å²) in [6.07, 6.45) is 5.10. The second-order valence-electron chi connectivity index (χ2n) is 12.9. The molecule has 1 amide bonds. The maximum Gasteiger partial charge on any atom is 0.407 e. The Hall–Kier alpha value is -3.95. The van der Waals surface area contributed by atoms with Crippen molar-refractivity contribution < 1.29 is 33.3 Å². The summed E-state index contributed by atoms with van der Waals surface area (Å²) in [7, 11) is 0. The number of nitrogens with zero attached hydrogens (tertiary/aromatic N) is 4. The van der Waals surface area contributed by atoms with Gasteiger partial charge in [-0.25, -0.2) is 14.2 Å². The second-order valence-corrected chi connectivity index (χ2v) is 12.9. The van der Waals surface area contributed by atoms with E-state index in [0.717, 1.165) is 32.1 Å². The summed E-state index contributed by atoms with van der Waals surface area (Å²) in [6, 6.07) is 9.54. The number of rotatable bonds is 12. The zero-order chi connectivity index (χ0) is 33.3. The summed E-state index contributed by atoms with van der Waals surface area (Å²) in [5, 5.41) is 19.0. The number of aromatic nitrogens is 1. The Morgan fingerprint density at radius 2 is 1.93 bits per heavy atom. The van der Waals surface area contributed by atoms with Crippen molar-refractivity contribution >= 4 is 17.9 Å². The van der Waals surface area contributed by atoms with Crippen molar-refractivity contribution in [2.45, 2.75) is 109 Å². The fourth-order valence-electron chi connectivity index (χ4n) is 6.01. The third-order valence-corrected chi connectivity index (χ3v) is 8.31. The van der Waals surface area contributed by atoms with Gasteiger partial charge in [0, 0.05) is 55.2 Å². The minimum atomic E-state index is -0.937. The van der Waals surface area contributed by atoms with Crippen LogP contribution in [0.25, 0.3) is 11.3 Å². The van der Waals surface area contributed by atoms with E-state index >= 15 is 0 Å². The molecule has 12 heteroatoms. The summed E-state index contributed by atoms with van der Waals surface area (Å²) >= 11 is 0. The Morgan fingerprint density at radius 1 is 1.17 bits per heavy atom. The van der Waals surface area contributed by atoms with Crippen LogP contribution in [0.4, 0.5) is 15.0 Å². The number of unbranched alkanes of at least 4 members (excludes halogenated alkanes) is 2. The molecule has 2 fully saturated rings. The van der Waals surface area contributed by atoms with Gasteiger partial charge >= 0.3 is 12.1 Å². The standard InChI is InChI=1S/C34H46FN5O6/c1-34(2,3)40(33(42)43)25-14-16-39(17-15-25)30-21-26(20-28(38-30)23-12-13-24(22-36)27(35)19-23)45-29(37)9-5-4-6-10-31(41)46-32-11-7-8-18-44-32/h12-13,19-21,25,29,32H,4-11,14-18,37H2,1-3H3,(H,42,43). The van der Waals surface area contributed by atoms with Crippen molar-refractivity contribution in [3.8, 4) is 23.1 Å². The Labute approximate surface area is 270 Å². The molecule has 3 heterocycles. The Bertz CT molecular complexity index is 1380. The van der Waals surface area contributed by atoms with Gasteiger partial charge in [0.2, 0.25) is 6.29 Å². The molecule has 0 aliphatic carbocycles. The third kappa shape index (κ3) is 9.77. The van der Waals surface area contributed by atoms with Gasteiger partial charge in [-0.05, 0) is 77.8 Å². The number of esters is 1. The van der Waals surface area contributed by atoms with Gasteiger partial charge in [0.25, 0.3) is 0 Å². The number of hydrogen-bond donors (Lipinski definition) is 2. The van der Waals surface area contributed by atoms with E-state index in [1.807, 2.05) is 26.8 Å². The molecule has 0 radical (unpaired) electrons. The topological polar surface area (TPSA) is 151 Å². The smallest absolute Gasteiger partial charge is 0.407 e. The molecule has 250 valence electrons. The first-order chi connectivity index (χ1) is 21.9. The highest BCUT2D eigenvalue weighted by atomic mass is 19.1. The molecule has 2 unspecified atom stereocenters. The fraction of sp³-hybridized carbons (Fsp3) is 0.588. The molecule has 0 spiro atoms. The van der Waals surface area contributed by atoms with Gasteiger partial charge in [-0.3, -0.25) is 10.5 Å². The van der Waals surface area contributed by atoms with Crippen molar-refractivity contribution in [1.82, 2.24) is 9.88 Å². The van der Waals surface area contributed by atoms with Crippen molar-refractivity contribution in [2.24, 2.45) is 5.73 Å². The number of carbonyl (C=O) groups excluding carboxylic acids is 1. The molecular formula is C34H46FN5O6. The lowest BCUT2D eigenvalue weighted by molar-refractivity contribution is -0.186. The quantitative estimate of drug-likeness (QED) is 0.156. The number of pyridine rings is 1. The molecule has 46 heavy (non-hydrogen) atoms. The van der Waals surface area contributed by atoms with E-state index in [1.165, 1.54) is 17.0 Å². The number of nitrogens with two attached hydrogens (primary N) is 1. The van der Waals surface area contributed by atoms with Crippen molar-refractivity contribution in [2.75, 3.05) is 24.6 Å². The van der Waals surface area contributed by atoms with Gasteiger partial charge in [-0.15, -0.1) is 0 Å². The van der Waals surface area contributed by atoms with Crippen LogP contribution in [0.5, 0.6) is 5.75 Å². The lowest BCUT2D eigenvalue weighted by atomic mass is 9.97. The van der Waals surface area contributed by atoms with E-state index in [1.54, 1.807) is 18.2 Å². The van der Waals surface area contributed by atoms with Crippen LogP contribution < -0.4 is 15.4 Å². The number of carbonyl (C=O) groups is 2. The molecule has 4 rings (SSSR count). The minimum absolute atomic E-state index is 0.0575. The van der Waals surface area contributed by atoms with Crippen LogP contribution in [0.15, 0.2) is 30.3 Å². The maximum absolute atomic E-state index is 14.6. The number of carboxylic acid groups (broad SMARTS) is 1. The van der Waals surface area contributed by atoms with Crippen LogP contribution in [0.3, 0.4) is 0 Å². The number of halogens is 1. The van der Waals surface area contributed by atoms with E-state index in [2.05, 4.69) is 4.90 Å². The predicted octanol–water partition coefficient (Wildman–Crippen LogP) is 6.19. The second kappa shape index (κ2) is 16.1. The summed E-state index contributed by atoms with van der Waals surface area (Å²) in [4.78, 5) is 32.5. The molecule has 2 saturated heterocycles. The maximum atomic E-state index is 14.6. The summed E-state index contributed by atoms with van der Waals surface area (Å²) < 4.78 is 31.5. The van der Waals surface area contributed by atoms with E-state index in [4.69, 9.17) is 30.2 Å². The van der Waals surface area contributed by atoms with Gasteiger partial charge in [0.15, 0.2) is 0 Å². The van der Waals surface area contributed by atoms with Crippen LogP contribution >= 0.6 is 0 Å². The van der Waals surface area contributed by atoms with Crippen molar-refractivity contribution in [3.05, 3.63) is 41.7 Å². The van der Waals surface area contributed by atoms with E-state index in [-0.39, 0.29) is 17.6 Å². The molecule has 1 aromatic heterocycles. The van der Waals surface area contributed by atoms with Crippen molar-refractivity contribution in [3.63, 3.8) is 0 Å². The Morgan fingerprint density at radius 3 is 2.57 bits per heavy atom. The molecule has 0 bridgehead atoms. The average Bonchev–Trinajstić information content (AvgIpc) is 3.00. The lowest BCUT2D eigenvalue weighted by Gasteiger charge is -2.43. The largest absolute Gasteiger partial charge is 0.475 e. The number of nitriles is 1. The summed E-state index contributed by atoms with van der Waals surface area (Å²) in [5.74, 6) is 0.193. The van der Waals surface area contributed by atoms with Gasteiger partial charge in [-0.1, -0.05) is 12.5 Å². The zero-order valence-corrected chi connectivity index (χ0v) is 27.0. The van der Waals surface area contributed by atoms with Gasteiger partial charge in [0.05, 0.1) is 17.9 Å². The summed E-state index contributed by atoms with van der Waals surface area (Å²) in [6.45, 7) is 7.45. The van der Waals surface area contributed by atoms with Gasteiger partial charge in [-0.2, -0.15) is 5.26 Å². The fourth-order valence-corrected chi connectivity index (χ4v) is 6.01. The molecule has 2 atom stereocenters. The normalized spacial score (nSPS) is 18.0. The first-order valence-electron chi connectivity index (χ1n) is 16.2. The van der Waals surface area contributed by atoms with E-state index in [9.17, 15) is 19.1 Å². The number of hydrogen-bond acceptors (Lipinski definition) is 9. The minimum Gasteiger partial charge on any atom is -0.475 e. The molecule has 11 nitrogen and oxygen atoms in total. The van der Waals surface area contributed by atoms with Crippen LogP contribution in [0, 0.1) is 17.1 Å². The third-order valence-electron chi connectivity index (χ3n) is 8.31. The summed E-state index contributed by atoms with van der Waals surface area (Å²) in [5.41, 5.74) is 6.72.